The van der Waals surface area contributed by atoms with Gasteiger partial charge in [-0.25, -0.2) is 0 Å². The summed E-state index contributed by atoms with van der Waals surface area (Å²) in [5.74, 6) is 0.455. The molecule has 1 aliphatic carbocycles. The van der Waals surface area contributed by atoms with E-state index < -0.39 is 0 Å². The molecule has 1 saturated heterocycles. The molecule has 5 nitrogen and oxygen atoms in total. The third-order valence-electron chi connectivity index (χ3n) is 5.72. The van der Waals surface area contributed by atoms with E-state index in [1.54, 1.807) is 19.5 Å². The number of methoxy groups -OCH3 is 1. The van der Waals surface area contributed by atoms with Crippen molar-refractivity contribution < 1.29 is 9.53 Å². The zero-order chi connectivity index (χ0) is 17.5. The number of likely N-dealkylation sites (tertiary alicyclic amines) is 1. The molecule has 0 N–H and O–H groups in total. The summed E-state index contributed by atoms with van der Waals surface area (Å²) in [5.41, 5.74) is 1.13. The SMILES string of the molecule is COCCN(Cc1ccncc1)C(=O)C1CCN(C2CCCC2)CC1. The molecule has 5 heteroatoms. The summed E-state index contributed by atoms with van der Waals surface area (Å²) >= 11 is 0. The first-order valence-electron chi connectivity index (χ1n) is 9.68. The summed E-state index contributed by atoms with van der Waals surface area (Å²) in [7, 11) is 1.69. The van der Waals surface area contributed by atoms with Gasteiger partial charge in [0.15, 0.2) is 0 Å². The molecule has 0 spiro atoms. The molecule has 2 heterocycles. The number of amides is 1. The Hall–Kier alpha value is -1.46. The van der Waals surface area contributed by atoms with E-state index in [1.165, 1.54) is 25.7 Å². The second kappa shape index (κ2) is 9.30. The first-order valence-corrected chi connectivity index (χ1v) is 9.68. The van der Waals surface area contributed by atoms with Gasteiger partial charge in [0.1, 0.15) is 0 Å². The van der Waals surface area contributed by atoms with Gasteiger partial charge in [-0.1, -0.05) is 12.8 Å². The molecule has 1 saturated carbocycles. The Morgan fingerprint density at radius 1 is 1.20 bits per heavy atom. The molecule has 0 unspecified atom stereocenters. The maximum absolute atomic E-state index is 13.1. The minimum Gasteiger partial charge on any atom is -0.383 e. The predicted molar refractivity (Wildman–Crippen MR) is 98.1 cm³/mol. The van der Waals surface area contributed by atoms with Crippen molar-refractivity contribution in [1.29, 1.82) is 0 Å². The first kappa shape index (κ1) is 18.3. The fourth-order valence-corrected chi connectivity index (χ4v) is 4.22. The maximum Gasteiger partial charge on any atom is 0.226 e. The Morgan fingerprint density at radius 2 is 1.88 bits per heavy atom. The standard InChI is InChI=1S/C20H31N3O2/c1-25-15-14-23(16-17-6-10-21-11-7-17)20(24)18-8-12-22(13-9-18)19-4-2-3-5-19/h6-7,10-11,18-19H,2-5,8-9,12-16H2,1H3. The lowest BCUT2D eigenvalue weighted by Gasteiger charge is -2.37. The first-order chi connectivity index (χ1) is 12.3. The van der Waals surface area contributed by atoms with E-state index >= 15 is 0 Å². The van der Waals surface area contributed by atoms with Crippen molar-refractivity contribution in [3.05, 3.63) is 30.1 Å². The number of rotatable bonds is 7. The summed E-state index contributed by atoms with van der Waals surface area (Å²) < 4.78 is 5.22. The van der Waals surface area contributed by atoms with E-state index in [-0.39, 0.29) is 5.92 Å². The maximum atomic E-state index is 13.1. The molecule has 1 aliphatic heterocycles. The number of carbonyl (C=O) groups is 1. The molecule has 1 aromatic rings. The van der Waals surface area contributed by atoms with E-state index in [9.17, 15) is 4.79 Å². The van der Waals surface area contributed by atoms with Crippen LogP contribution in [0.4, 0.5) is 0 Å². The quantitative estimate of drug-likeness (QED) is 0.762. The van der Waals surface area contributed by atoms with E-state index in [0.717, 1.165) is 37.5 Å². The number of hydrogen-bond donors (Lipinski definition) is 0. The van der Waals surface area contributed by atoms with Crippen LogP contribution in [0.5, 0.6) is 0 Å². The third kappa shape index (κ3) is 5.02. The summed E-state index contributed by atoms with van der Waals surface area (Å²) in [6.07, 6.45) is 11.0. The fraction of sp³-hybridized carbons (Fsp3) is 0.700. The van der Waals surface area contributed by atoms with Gasteiger partial charge >= 0.3 is 0 Å². The number of hydrogen-bond acceptors (Lipinski definition) is 4. The average Bonchev–Trinajstić information content (AvgIpc) is 3.20. The van der Waals surface area contributed by atoms with Crippen LogP contribution in [0.25, 0.3) is 0 Å². The molecule has 138 valence electrons. The highest BCUT2D eigenvalue weighted by atomic mass is 16.5. The minimum atomic E-state index is 0.163. The van der Waals surface area contributed by atoms with Crippen molar-refractivity contribution in [2.75, 3.05) is 33.4 Å². The number of piperidine rings is 1. The molecular formula is C20H31N3O2. The van der Waals surface area contributed by atoms with Gasteiger partial charge in [-0.15, -0.1) is 0 Å². The Morgan fingerprint density at radius 3 is 2.52 bits per heavy atom. The van der Waals surface area contributed by atoms with Crippen molar-refractivity contribution in [2.24, 2.45) is 5.92 Å². The molecule has 2 fully saturated rings. The van der Waals surface area contributed by atoms with Crippen LogP contribution in [0.1, 0.15) is 44.1 Å². The summed E-state index contributed by atoms with van der Waals surface area (Å²) in [5, 5.41) is 0. The predicted octanol–water partition coefficient (Wildman–Crippen LogP) is 2.71. The lowest BCUT2D eigenvalue weighted by molar-refractivity contribution is -0.138. The van der Waals surface area contributed by atoms with Crippen LogP contribution < -0.4 is 0 Å². The van der Waals surface area contributed by atoms with Gasteiger partial charge in [-0.05, 0) is 56.5 Å². The number of nitrogens with zero attached hydrogens (tertiary/aromatic N) is 3. The largest absolute Gasteiger partial charge is 0.383 e. The minimum absolute atomic E-state index is 0.163. The number of ether oxygens (including phenoxy) is 1. The van der Waals surface area contributed by atoms with Gasteiger partial charge in [-0.3, -0.25) is 9.78 Å². The topological polar surface area (TPSA) is 45.7 Å². The van der Waals surface area contributed by atoms with Crippen molar-refractivity contribution in [3.8, 4) is 0 Å². The van der Waals surface area contributed by atoms with E-state index in [1.807, 2.05) is 17.0 Å². The van der Waals surface area contributed by atoms with Gasteiger partial charge < -0.3 is 14.5 Å². The Labute approximate surface area is 151 Å². The average molecular weight is 345 g/mol. The smallest absolute Gasteiger partial charge is 0.226 e. The molecule has 0 atom stereocenters. The Balaban J connectivity index is 1.56. The normalized spacial score (nSPS) is 20.0. The number of pyridine rings is 1. The van der Waals surface area contributed by atoms with E-state index in [4.69, 9.17) is 4.74 Å². The molecule has 25 heavy (non-hydrogen) atoms. The summed E-state index contributed by atoms with van der Waals surface area (Å²) in [6, 6.07) is 4.74. The molecule has 0 bridgehead atoms. The lowest BCUT2D eigenvalue weighted by atomic mass is 9.93. The highest BCUT2D eigenvalue weighted by molar-refractivity contribution is 5.79. The van der Waals surface area contributed by atoms with E-state index in [2.05, 4.69) is 9.88 Å². The molecule has 2 aliphatic rings. The molecular weight excluding hydrogens is 314 g/mol. The van der Waals surface area contributed by atoms with Crippen LogP contribution in [-0.2, 0) is 16.1 Å². The van der Waals surface area contributed by atoms with Gasteiger partial charge in [-0.2, -0.15) is 0 Å². The van der Waals surface area contributed by atoms with Gasteiger partial charge in [0.25, 0.3) is 0 Å². The van der Waals surface area contributed by atoms with E-state index in [0.29, 0.717) is 25.6 Å². The fourth-order valence-electron chi connectivity index (χ4n) is 4.22. The summed E-state index contributed by atoms with van der Waals surface area (Å²) in [6.45, 7) is 4.04. The highest BCUT2D eigenvalue weighted by Gasteiger charge is 2.31. The Bertz CT molecular complexity index is 523. The zero-order valence-corrected chi connectivity index (χ0v) is 15.4. The molecule has 0 aromatic carbocycles. The van der Waals surface area contributed by atoms with Crippen LogP contribution >= 0.6 is 0 Å². The molecule has 1 amide bonds. The molecule has 1 aromatic heterocycles. The van der Waals surface area contributed by atoms with Crippen molar-refractivity contribution >= 4 is 5.91 Å². The van der Waals surface area contributed by atoms with Crippen molar-refractivity contribution in [1.82, 2.24) is 14.8 Å². The number of carbonyl (C=O) groups excluding carboxylic acids is 1. The van der Waals surface area contributed by atoms with Crippen LogP contribution in [0, 0.1) is 5.92 Å². The van der Waals surface area contributed by atoms with Gasteiger partial charge in [0.2, 0.25) is 5.91 Å². The molecule has 3 rings (SSSR count). The van der Waals surface area contributed by atoms with Crippen LogP contribution in [0.3, 0.4) is 0 Å². The van der Waals surface area contributed by atoms with Crippen molar-refractivity contribution in [2.45, 2.75) is 51.1 Å². The van der Waals surface area contributed by atoms with Crippen LogP contribution in [0.2, 0.25) is 0 Å². The second-order valence-corrected chi connectivity index (χ2v) is 7.36. The second-order valence-electron chi connectivity index (χ2n) is 7.36. The van der Waals surface area contributed by atoms with Crippen LogP contribution in [-0.4, -0.2) is 60.1 Å². The van der Waals surface area contributed by atoms with Crippen molar-refractivity contribution in [3.63, 3.8) is 0 Å². The van der Waals surface area contributed by atoms with Crippen LogP contribution in [0.15, 0.2) is 24.5 Å². The highest BCUT2D eigenvalue weighted by Crippen LogP contribution is 2.28. The lowest BCUT2D eigenvalue weighted by Crippen LogP contribution is -2.45. The zero-order valence-electron chi connectivity index (χ0n) is 15.4. The number of aromatic nitrogens is 1. The Kier molecular flexibility index (Phi) is 6.82. The monoisotopic (exact) mass is 345 g/mol. The van der Waals surface area contributed by atoms with Gasteiger partial charge in [0, 0.05) is 44.6 Å². The summed E-state index contributed by atoms with van der Waals surface area (Å²) in [4.78, 5) is 21.7. The van der Waals surface area contributed by atoms with Gasteiger partial charge in [0.05, 0.1) is 6.61 Å². The molecule has 0 radical (unpaired) electrons. The third-order valence-corrected chi connectivity index (χ3v) is 5.72.